The molecule has 0 bridgehead atoms. The Hall–Kier alpha value is -2.75. The Morgan fingerprint density at radius 2 is 1.95 bits per heavy atom. The van der Waals surface area contributed by atoms with Gasteiger partial charge in [0.15, 0.2) is 11.5 Å². The molecule has 1 heterocycles. The van der Waals surface area contributed by atoms with Crippen LogP contribution in [0.3, 0.4) is 0 Å². The number of fused-ring (bicyclic) bond motifs is 1. The fraction of sp³-hybridized carbons (Fsp3) is 0.500. The van der Waals surface area contributed by atoms with E-state index < -0.39 is 5.97 Å². The van der Waals surface area contributed by atoms with E-state index in [4.69, 9.17) is 21.1 Å². The highest BCUT2D eigenvalue weighted by Gasteiger charge is 2.36. The number of rotatable bonds is 11. The minimum Gasteiger partial charge on any atom is -0.493 e. The second kappa shape index (κ2) is 12.8. The molecule has 1 saturated heterocycles. The molecule has 0 radical (unpaired) electrons. The molecule has 0 aromatic heterocycles. The van der Waals surface area contributed by atoms with E-state index in [0.717, 1.165) is 60.9 Å². The van der Waals surface area contributed by atoms with Crippen LogP contribution >= 0.6 is 23.4 Å². The summed E-state index contributed by atoms with van der Waals surface area (Å²) in [7, 11) is 1.59. The van der Waals surface area contributed by atoms with Crippen LogP contribution in [0.25, 0.3) is 0 Å². The number of carbonyl (C=O) groups is 3. The first-order valence-corrected chi connectivity index (χ1v) is 15.2. The zero-order valence-electron chi connectivity index (χ0n) is 22.6. The van der Waals surface area contributed by atoms with Crippen molar-refractivity contribution in [1.82, 2.24) is 9.80 Å². The van der Waals surface area contributed by atoms with Crippen LogP contribution in [0.2, 0.25) is 5.02 Å². The van der Waals surface area contributed by atoms with Crippen LogP contribution in [0.4, 0.5) is 4.79 Å². The lowest BCUT2D eigenvalue weighted by atomic mass is 9.78. The van der Waals surface area contributed by atoms with Gasteiger partial charge in [0.05, 0.1) is 25.3 Å². The molecular weight excluding hydrogens is 552 g/mol. The molecule has 214 valence electrons. The summed E-state index contributed by atoms with van der Waals surface area (Å²) >= 11 is 7.29. The summed E-state index contributed by atoms with van der Waals surface area (Å²) in [6.07, 6.45) is 5.59. The van der Waals surface area contributed by atoms with Crippen molar-refractivity contribution >= 4 is 40.5 Å². The zero-order chi connectivity index (χ0) is 28.2. The molecule has 0 spiro atoms. The molecule has 40 heavy (non-hydrogen) atoms. The van der Waals surface area contributed by atoms with Gasteiger partial charge < -0.3 is 14.6 Å². The molecule has 1 aliphatic heterocycles. The van der Waals surface area contributed by atoms with Crippen molar-refractivity contribution in [1.29, 1.82) is 0 Å². The number of methoxy groups -OCH3 is 1. The van der Waals surface area contributed by atoms with Gasteiger partial charge in [-0.05, 0) is 72.6 Å². The van der Waals surface area contributed by atoms with Crippen LogP contribution in [0.1, 0.15) is 54.8 Å². The summed E-state index contributed by atoms with van der Waals surface area (Å²) in [5.74, 6) is 0.193. The molecular formula is C30H35ClN2O6S. The first-order valence-electron chi connectivity index (χ1n) is 13.9. The molecule has 3 atom stereocenters. The van der Waals surface area contributed by atoms with E-state index in [1.165, 1.54) is 16.0 Å². The standard InChI is InChI=1S/C30H35ClN2O6S/c1-38-27-14-19(6-11-26(27)39-13-12-33-28(34)18-40-30(33)37)16-32(17-21-4-2-3-5-24(21)29(35)36)25-10-7-20-15-22(31)8-9-23(20)25/h6,8-9,11,14-15,21,24-25H,2-5,7,10,12-13,16-18H2,1H3,(H,35,36). The molecule has 1 N–H and O–H groups in total. The van der Waals surface area contributed by atoms with Gasteiger partial charge in [0.2, 0.25) is 5.91 Å². The van der Waals surface area contributed by atoms with Gasteiger partial charge in [-0.1, -0.05) is 48.3 Å². The van der Waals surface area contributed by atoms with E-state index in [1.54, 1.807) is 7.11 Å². The van der Waals surface area contributed by atoms with Crippen LogP contribution in [-0.4, -0.2) is 64.6 Å². The minimum absolute atomic E-state index is 0.0984. The number of benzene rings is 2. The van der Waals surface area contributed by atoms with Crippen molar-refractivity contribution in [3.8, 4) is 11.5 Å². The second-order valence-electron chi connectivity index (χ2n) is 10.7. The number of aryl methyl sites for hydroxylation is 1. The van der Waals surface area contributed by atoms with E-state index in [-0.39, 0.29) is 47.9 Å². The van der Waals surface area contributed by atoms with Crippen molar-refractivity contribution in [2.24, 2.45) is 11.8 Å². The SMILES string of the molecule is COc1cc(CN(CC2CCCCC2C(=O)O)C2CCc3cc(Cl)ccc32)ccc1OCCN1C(=O)CSC1=O. The number of aliphatic carboxylic acids is 1. The van der Waals surface area contributed by atoms with Crippen LogP contribution in [0.15, 0.2) is 36.4 Å². The number of hydrogen-bond donors (Lipinski definition) is 1. The average Bonchev–Trinajstić information content (AvgIpc) is 3.51. The Balaban J connectivity index is 1.33. The molecule has 5 rings (SSSR count). The third-order valence-corrected chi connectivity index (χ3v) is 9.41. The lowest BCUT2D eigenvalue weighted by Crippen LogP contribution is -2.38. The smallest absolute Gasteiger partial charge is 0.306 e. The molecule has 2 fully saturated rings. The molecule has 8 nitrogen and oxygen atoms in total. The van der Waals surface area contributed by atoms with Crippen molar-refractivity contribution in [3.63, 3.8) is 0 Å². The van der Waals surface area contributed by atoms with Gasteiger partial charge in [-0.15, -0.1) is 0 Å². The third kappa shape index (κ3) is 6.42. The lowest BCUT2D eigenvalue weighted by molar-refractivity contribution is -0.145. The number of imide groups is 1. The number of ether oxygens (including phenoxy) is 2. The van der Waals surface area contributed by atoms with Crippen molar-refractivity contribution < 1.29 is 29.0 Å². The topological polar surface area (TPSA) is 96.4 Å². The Morgan fingerprint density at radius 1 is 1.12 bits per heavy atom. The average molecular weight is 587 g/mol. The van der Waals surface area contributed by atoms with Gasteiger partial charge in [-0.2, -0.15) is 0 Å². The van der Waals surface area contributed by atoms with Gasteiger partial charge >= 0.3 is 5.97 Å². The van der Waals surface area contributed by atoms with Crippen molar-refractivity contribution in [2.45, 2.75) is 51.1 Å². The van der Waals surface area contributed by atoms with E-state index in [1.807, 2.05) is 30.3 Å². The monoisotopic (exact) mass is 586 g/mol. The van der Waals surface area contributed by atoms with Crippen LogP contribution in [0.5, 0.6) is 11.5 Å². The highest BCUT2D eigenvalue weighted by atomic mass is 35.5. The maximum atomic E-state index is 12.1. The number of carboxylic acids is 1. The number of carboxylic acid groups (broad SMARTS) is 1. The fourth-order valence-corrected chi connectivity index (χ4v) is 7.25. The quantitative estimate of drug-likeness (QED) is 0.353. The number of thioether (sulfide) groups is 1. The number of nitrogens with zero attached hydrogens (tertiary/aromatic N) is 2. The maximum Gasteiger partial charge on any atom is 0.306 e. The van der Waals surface area contributed by atoms with E-state index in [0.29, 0.717) is 24.6 Å². The molecule has 1 saturated carbocycles. The first kappa shape index (κ1) is 28.8. The zero-order valence-corrected chi connectivity index (χ0v) is 24.2. The Labute approximate surface area is 243 Å². The van der Waals surface area contributed by atoms with E-state index >= 15 is 0 Å². The van der Waals surface area contributed by atoms with Gasteiger partial charge in [0.1, 0.15) is 6.61 Å². The number of halogens is 1. The number of amides is 2. The van der Waals surface area contributed by atoms with E-state index in [9.17, 15) is 19.5 Å². The van der Waals surface area contributed by atoms with Gasteiger partial charge in [-0.25, -0.2) is 0 Å². The van der Waals surface area contributed by atoms with Gasteiger partial charge in [0.25, 0.3) is 5.24 Å². The van der Waals surface area contributed by atoms with Crippen LogP contribution in [-0.2, 0) is 22.6 Å². The molecule has 2 aromatic rings. The summed E-state index contributed by atoms with van der Waals surface area (Å²) in [4.78, 5) is 39.4. The summed E-state index contributed by atoms with van der Waals surface area (Å²) in [5, 5.41) is 10.4. The summed E-state index contributed by atoms with van der Waals surface area (Å²) in [6.45, 7) is 1.72. The van der Waals surface area contributed by atoms with Crippen molar-refractivity contribution in [3.05, 3.63) is 58.1 Å². The molecule has 2 aliphatic carbocycles. The number of hydrogen-bond acceptors (Lipinski definition) is 7. The predicted octanol–water partition coefficient (Wildman–Crippen LogP) is 5.80. The lowest BCUT2D eigenvalue weighted by Gasteiger charge is -2.37. The van der Waals surface area contributed by atoms with Crippen LogP contribution in [0, 0.1) is 11.8 Å². The normalized spacial score (nSPS) is 22.6. The fourth-order valence-electron chi connectivity index (χ4n) is 6.31. The summed E-state index contributed by atoms with van der Waals surface area (Å²) in [6, 6.07) is 12.1. The maximum absolute atomic E-state index is 12.1. The first-order chi connectivity index (χ1) is 19.3. The van der Waals surface area contributed by atoms with Gasteiger partial charge in [0, 0.05) is 24.2 Å². The highest BCUT2D eigenvalue weighted by molar-refractivity contribution is 8.14. The second-order valence-corrected chi connectivity index (χ2v) is 12.1. The summed E-state index contributed by atoms with van der Waals surface area (Å²) in [5.41, 5.74) is 3.56. The largest absolute Gasteiger partial charge is 0.493 e. The highest BCUT2D eigenvalue weighted by Crippen LogP contribution is 2.41. The molecule has 3 unspecified atom stereocenters. The van der Waals surface area contributed by atoms with Crippen LogP contribution < -0.4 is 9.47 Å². The van der Waals surface area contributed by atoms with E-state index in [2.05, 4.69) is 11.0 Å². The Bertz CT molecular complexity index is 1260. The number of carbonyl (C=O) groups excluding carboxylic acids is 2. The molecule has 3 aliphatic rings. The molecule has 2 aromatic carbocycles. The minimum atomic E-state index is -0.692. The molecule has 2 amide bonds. The van der Waals surface area contributed by atoms with Crippen molar-refractivity contribution in [2.75, 3.05) is 32.6 Å². The Kier molecular flexibility index (Phi) is 9.23. The third-order valence-electron chi connectivity index (χ3n) is 8.31. The molecule has 10 heteroatoms. The summed E-state index contributed by atoms with van der Waals surface area (Å²) < 4.78 is 11.5. The van der Waals surface area contributed by atoms with Gasteiger partial charge in [-0.3, -0.25) is 24.2 Å². The predicted molar refractivity (Wildman–Crippen MR) is 154 cm³/mol. The Morgan fingerprint density at radius 3 is 2.70 bits per heavy atom.